The third kappa shape index (κ3) is 3.26. The van der Waals surface area contributed by atoms with E-state index >= 15 is 0 Å². The predicted octanol–water partition coefficient (Wildman–Crippen LogP) is 1.18. The minimum atomic E-state index is -0.404. The van der Waals surface area contributed by atoms with E-state index in [1.807, 2.05) is 6.26 Å². The Morgan fingerprint density at radius 3 is 3.00 bits per heavy atom. The van der Waals surface area contributed by atoms with E-state index in [4.69, 9.17) is 10.5 Å². The van der Waals surface area contributed by atoms with E-state index in [9.17, 15) is 4.79 Å². The Kier molecular flexibility index (Phi) is 4.25. The summed E-state index contributed by atoms with van der Waals surface area (Å²) in [7, 11) is 0. The van der Waals surface area contributed by atoms with Gasteiger partial charge in [-0.3, -0.25) is 0 Å². The van der Waals surface area contributed by atoms with Gasteiger partial charge in [0.05, 0.1) is 11.9 Å². The standard InChI is InChI=1S/C9H12N2O2S/c1-14-5-4-13-9(12)8-3-2-7(10)6-11-8/h2-3,6H,4-5,10H2,1H3. The van der Waals surface area contributed by atoms with Crippen LogP contribution >= 0.6 is 11.8 Å². The van der Waals surface area contributed by atoms with Gasteiger partial charge in [0.25, 0.3) is 0 Å². The van der Waals surface area contributed by atoms with E-state index in [1.54, 1.807) is 23.9 Å². The van der Waals surface area contributed by atoms with Gasteiger partial charge in [-0.05, 0) is 18.4 Å². The second kappa shape index (κ2) is 5.49. The van der Waals surface area contributed by atoms with E-state index in [2.05, 4.69) is 4.98 Å². The maximum absolute atomic E-state index is 11.3. The fourth-order valence-corrected chi connectivity index (χ4v) is 1.07. The van der Waals surface area contributed by atoms with Crippen LogP contribution in [-0.2, 0) is 4.74 Å². The summed E-state index contributed by atoms with van der Waals surface area (Å²) in [5, 5.41) is 0. The molecule has 76 valence electrons. The molecule has 0 fully saturated rings. The van der Waals surface area contributed by atoms with Crippen molar-refractivity contribution in [3.05, 3.63) is 24.0 Å². The number of pyridine rings is 1. The number of carbonyl (C=O) groups is 1. The highest BCUT2D eigenvalue weighted by Crippen LogP contribution is 2.03. The number of thioether (sulfide) groups is 1. The first-order chi connectivity index (χ1) is 6.74. The molecule has 0 aliphatic carbocycles. The van der Waals surface area contributed by atoms with Crippen molar-refractivity contribution in [1.82, 2.24) is 4.98 Å². The van der Waals surface area contributed by atoms with Gasteiger partial charge in [0.2, 0.25) is 0 Å². The molecule has 0 aliphatic rings. The summed E-state index contributed by atoms with van der Waals surface area (Å²) in [5.41, 5.74) is 6.26. The van der Waals surface area contributed by atoms with Crippen LogP contribution in [0.4, 0.5) is 5.69 Å². The van der Waals surface area contributed by atoms with Crippen LogP contribution in [0, 0.1) is 0 Å². The van der Waals surface area contributed by atoms with Crippen molar-refractivity contribution >= 4 is 23.4 Å². The molecule has 1 heterocycles. The molecule has 4 nitrogen and oxygen atoms in total. The molecule has 0 aromatic carbocycles. The molecule has 0 amide bonds. The third-order valence-electron chi connectivity index (χ3n) is 1.52. The molecular weight excluding hydrogens is 200 g/mol. The highest BCUT2D eigenvalue weighted by molar-refractivity contribution is 7.98. The minimum absolute atomic E-state index is 0.292. The number of hydrogen-bond donors (Lipinski definition) is 1. The molecule has 5 heteroatoms. The molecule has 1 aromatic rings. The van der Waals surface area contributed by atoms with Crippen LogP contribution in [-0.4, -0.2) is 29.6 Å². The van der Waals surface area contributed by atoms with Crippen LogP contribution in [0.15, 0.2) is 18.3 Å². The quantitative estimate of drug-likeness (QED) is 0.599. The minimum Gasteiger partial charge on any atom is -0.460 e. The monoisotopic (exact) mass is 212 g/mol. The highest BCUT2D eigenvalue weighted by atomic mass is 32.2. The van der Waals surface area contributed by atoms with Gasteiger partial charge in [-0.2, -0.15) is 11.8 Å². The average Bonchev–Trinajstić information content (AvgIpc) is 2.19. The number of nitrogens with zero attached hydrogens (tertiary/aromatic N) is 1. The summed E-state index contributed by atoms with van der Waals surface area (Å²) in [6.45, 7) is 0.409. The summed E-state index contributed by atoms with van der Waals surface area (Å²) in [4.78, 5) is 15.1. The number of ether oxygens (including phenoxy) is 1. The average molecular weight is 212 g/mol. The molecular formula is C9H12N2O2S. The smallest absolute Gasteiger partial charge is 0.356 e. The molecule has 1 rings (SSSR count). The van der Waals surface area contributed by atoms with Crippen LogP contribution in [0.5, 0.6) is 0 Å². The van der Waals surface area contributed by atoms with Crippen molar-refractivity contribution in [3.8, 4) is 0 Å². The number of rotatable bonds is 4. The maximum atomic E-state index is 11.3. The van der Waals surface area contributed by atoms with Crippen LogP contribution < -0.4 is 5.73 Å². The molecule has 0 spiro atoms. The van der Waals surface area contributed by atoms with Crippen molar-refractivity contribution < 1.29 is 9.53 Å². The summed E-state index contributed by atoms with van der Waals surface area (Å²) in [6, 6.07) is 3.18. The SMILES string of the molecule is CSCCOC(=O)c1ccc(N)cn1. The Balaban J connectivity index is 2.48. The van der Waals surface area contributed by atoms with Gasteiger partial charge in [0.15, 0.2) is 0 Å². The van der Waals surface area contributed by atoms with E-state index in [-0.39, 0.29) is 0 Å². The zero-order valence-corrected chi connectivity index (χ0v) is 8.71. The van der Waals surface area contributed by atoms with E-state index in [0.717, 1.165) is 5.75 Å². The summed E-state index contributed by atoms with van der Waals surface area (Å²) >= 11 is 1.62. The lowest BCUT2D eigenvalue weighted by molar-refractivity contribution is 0.0523. The van der Waals surface area contributed by atoms with E-state index < -0.39 is 5.97 Å². The first-order valence-corrected chi connectivity index (χ1v) is 5.51. The summed E-state index contributed by atoms with van der Waals surface area (Å²) < 4.78 is 4.95. The molecule has 0 aliphatic heterocycles. The lowest BCUT2D eigenvalue weighted by Gasteiger charge is -2.02. The fourth-order valence-electron chi connectivity index (χ4n) is 0.818. The molecule has 0 bridgehead atoms. The van der Waals surface area contributed by atoms with Gasteiger partial charge in [0, 0.05) is 5.75 Å². The largest absolute Gasteiger partial charge is 0.460 e. The molecule has 14 heavy (non-hydrogen) atoms. The normalized spacial score (nSPS) is 9.79. The number of esters is 1. The van der Waals surface area contributed by atoms with Crippen molar-refractivity contribution in [2.75, 3.05) is 24.3 Å². The lowest BCUT2D eigenvalue weighted by atomic mass is 10.3. The van der Waals surface area contributed by atoms with E-state index in [0.29, 0.717) is 18.0 Å². The zero-order valence-electron chi connectivity index (χ0n) is 7.90. The summed E-state index contributed by atoms with van der Waals surface area (Å²) in [5.74, 6) is 0.389. The molecule has 0 unspecified atom stereocenters. The van der Waals surface area contributed by atoms with Crippen molar-refractivity contribution in [2.45, 2.75) is 0 Å². The van der Waals surface area contributed by atoms with Crippen LogP contribution in [0.3, 0.4) is 0 Å². The van der Waals surface area contributed by atoms with Gasteiger partial charge in [0.1, 0.15) is 12.3 Å². The molecule has 0 saturated carbocycles. The molecule has 1 aromatic heterocycles. The Morgan fingerprint density at radius 1 is 1.64 bits per heavy atom. The van der Waals surface area contributed by atoms with Gasteiger partial charge >= 0.3 is 5.97 Å². The van der Waals surface area contributed by atoms with Gasteiger partial charge in [-0.15, -0.1) is 0 Å². The highest BCUT2D eigenvalue weighted by Gasteiger charge is 2.07. The first kappa shape index (κ1) is 10.8. The first-order valence-electron chi connectivity index (χ1n) is 4.11. The second-order valence-electron chi connectivity index (χ2n) is 2.61. The number of aromatic nitrogens is 1. The van der Waals surface area contributed by atoms with E-state index in [1.165, 1.54) is 6.20 Å². The summed E-state index contributed by atoms with van der Waals surface area (Å²) in [6.07, 6.45) is 3.39. The lowest BCUT2D eigenvalue weighted by Crippen LogP contribution is -2.09. The number of anilines is 1. The fraction of sp³-hybridized carbons (Fsp3) is 0.333. The van der Waals surface area contributed by atoms with Crippen molar-refractivity contribution in [3.63, 3.8) is 0 Å². The van der Waals surface area contributed by atoms with Crippen molar-refractivity contribution in [2.24, 2.45) is 0 Å². The number of carbonyl (C=O) groups excluding carboxylic acids is 1. The third-order valence-corrected chi connectivity index (χ3v) is 2.09. The van der Waals surface area contributed by atoms with Gasteiger partial charge in [-0.25, -0.2) is 9.78 Å². The van der Waals surface area contributed by atoms with Gasteiger partial charge in [-0.1, -0.05) is 0 Å². The van der Waals surface area contributed by atoms with Crippen molar-refractivity contribution in [1.29, 1.82) is 0 Å². The predicted molar refractivity (Wildman–Crippen MR) is 57.3 cm³/mol. The Morgan fingerprint density at radius 2 is 2.43 bits per heavy atom. The van der Waals surface area contributed by atoms with Crippen LogP contribution in [0.1, 0.15) is 10.5 Å². The second-order valence-corrected chi connectivity index (χ2v) is 3.59. The molecule has 2 N–H and O–H groups in total. The number of nitrogens with two attached hydrogens (primary N) is 1. The zero-order chi connectivity index (χ0) is 10.4. The Bertz CT molecular complexity index is 300. The van der Waals surface area contributed by atoms with Crippen LogP contribution in [0.25, 0.3) is 0 Å². The molecule has 0 radical (unpaired) electrons. The maximum Gasteiger partial charge on any atom is 0.356 e. The van der Waals surface area contributed by atoms with Crippen LogP contribution in [0.2, 0.25) is 0 Å². The molecule has 0 atom stereocenters. The topological polar surface area (TPSA) is 65.2 Å². The number of nitrogen functional groups attached to an aromatic ring is 1. The number of hydrogen-bond acceptors (Lipinski definition) is 5. The Labute approximate surface area is 86.8 Å². The van der Waals surface area contributed by atoms with Gasteiger partial charge < -0.3 is 10.5 Å². The molecule has 0 saturated heterocycles. The Hall–Kier alpha value is -1.23.